The van der Waals surface area contributed by atoms with E-state index >= 15 is 0 Å². The van der Waals surface area contributed by atoms with Crippen LogP contribution in [-0.2, 0) is 6.54 Å². The standard InChI is InChI=1S/C14H24BrN3/c1-2-9-17(11-8-15)12-13-7-10-18(16-13)14-5-3-4-6-14/h7,10,14H,2-6,8-9,11-12H2,1H3. The quantitative estimate of drug-likeness (QED) is 0.717. The van der Waals surface area contributed by atoms with Gasteiger partial charge in [-0.25, -0.2) is 0 Å². The molecule has 3 nitrogen and oxygen atoms in total. The molecule has 1 aliphatic carbocycles. The second-order valence-corrected chi connectivity index (χ2v) is 5.98. The van der Waals surface area contributed by atoms with Crippen molar-refractivity contribution in [3.63, 3.8) is 0 Å². The maximum absolute atomic E-state index is 4.76. The lowest BCUT2D eigenvalue weighted by Crippen LogP contribution is -2.26. The molecule has 0 aliphatic heterocycles. The van der Waals surface area contributed by atoms with E-state index in [1.807, 2.05) is 0 Å². The minimum atomic E-state index is 0.662. The topological polar surface area (TPSA) is 21.1 Å². The van der Waals surface area contributed by atoms with Crippen LogP contribution in [0.5, 0.6) is 0 Å². The maximum atomic E-state index is 4.76. The third kappa shape index (κ3) is 3.82. The van der Waals surface area contributed by atoms with Crippen LogP contribution in [0, 0.1) is 0 Å². The minimum absolute atomic E-state index is 0.662. The van der Waals surface area contributed by atoms with Crippen LogP contribution in [0.2, 0.25) is 0 Å². The normalized spacial score (nSPS) is 16.8. The van der Waals surface area contributed by atoms with Crippen LogP contribution >= 0.6 is 15.9 Å². The van der Waals surface area contributed by atoms with E-state index < -0.39 is 0 Å². The van der Waals surface area contributed by atoms with E-state index in [2.05, 4.69) is 44.7 Å². The molecular weight excluding hydrogens is 290 g/mol. The van der Waals surface area contributed by atoms with Crippen LogP contribution in [-0.4, -0.2) is 33.1 Å². The van der Waals surface area contributed by atoms with Crippen molar-refractivity contribution < 1.29 is 0 Å². The van der Waals surface area contributed by atoms with E-state index in [0.29, 0.717) is 6.04 Å². The largest absolute Gasteiger partial charge is 0.297 e. The van der Waals surface area contributed by atoms with Gasteiger partial charge in [0.1, 0.15) is 0 Å². The van der Waals surface area contributed by atoms with Gasteiger partial charge < -0.3 is 0 Å². The summed E-state index contributed by atoms with van der Waals surface area (Å²) in [4.78, 5) is 2.47. The Hall–Kier alpha value is -0.350. The van der Waals surface area contributed by atoms with Crippen molar-refractivity contribution >= 4 is 15.9 Å². The molecule has 102 valence electrons. The molecule has 0 radical (unpaired) electrons. The third-order valence-corrected chi connectivity index (χ3v) is 4.04. The van der Waals surface area contributed by atoms with Gasteiger partial charge in [-0.05, 0) is 31.9 Å². The van der Waals surface area contributed by atoms with Crippen LogP contribution in [0.1, 0.15) is 50.8 Å². The van der Waals surface area contributed by atoms with Crippen LogP contribution in [0.15, 0.2) is 12.3 Å². The molecule has 0 unspecified atom stereocenters. The van der Waals surface area contributed by atoms with Crippen molar-refractivity contribution in [2.45, 2.75) is 51.6 Å². The van der Waals surface area contributed by atoms with Crippen LogP contribution in [0.25, 0.3) is 0 Å². The molecule has 18 heavy (non-hydrogen) atoms. The Bertz CT molecular complexity index is 339. The fourth-order valence-corrected chi connectivity index (χ4v) is 3.27. The van der Waals surface area contributed by atoms with E-state index in [4.69, 9.17) is 5.10 Å². The summed E-state index contributed by atoms with van der Waals surface area (Å²) >= 11 is 3.53. The van der Waals surface area contributed by atoms with E-state index in [9.17, 15) is 0 Å². The lowest BCUT2D eigenvalue weighted by atomic mass is 10.3. The molecule has 0 bridgehead atoms. The van der Waals surface area contributed by atoms with Gasteiger partial charge in [0, 0.05) is 24.6 Å². The zero-order chi connectivity index (χ0) is 12.8. The maximum Gasteiger partial charge on any atom is 0.0764 e. The van der Waals surface area contributed by atoms with Gasteiger partial charge in [0.05, 0.1) is 11.7 Å². The molecule has 1 aromatic heterocycles. The molecule has 2 rings (SSSR count). The van der Waals surface area contributed by atoms with Gasteiger partial charge in [0.2, 0.25) is 0 Å². The lowest BCUT2D eigenvalue weighted by molar-refractivity contribution is 0.278. The summed E-state index contributed by atoms with van der Waals surface area (Å²) in [6.45, 7) is 5.48. The van der Waals surface area contributed by atoms with E-state index in [0.717, 1.165) is 25.0 Å². The number of nitrogens with zero attached hydrogens (tertiary/aromatic N) is 3. The smallest absolute Gasteiger partial charge is 0.0764 e. The number of rotatable bonds is 7. The minimum Gasteiger partial charge on any atom is -0.297 e. The van der Waals surface area contributed by atoms with Gasteiger partial charge in [0.25, 0.3) is 0 Å². The predicted molar refractivity (Wildman–Crippen MR) is 79.1 cm³/mol. The Morgan fingerprint density at radius 2 is 2.17 bits per heavy atom. The van der Waals surface area contributed by atoms with Crippen molar-refractivity contribution in [1.29, 1.82) is 0 Å². The molecule has 0 atom stereocenters. The molecule has 0 aromatic carbocycles. The summed E-state index contributed by atoms with van der Waals surface area (Å²) in [5.41, 5.74) is 1.22. The first-order chi connectivity index (χ1) is 8.83. The highest BCUT2D eigenvalue weighted by Crippen LogP contribution is 2.28. The molecule has 4 heteroatoms. The number of hydrogen-bond donors (Lipinski definition) is 0. The Labute approximate surface area is 119 Å². The highest BCUT2D eigenvalue weighted by molar-refractivity contribution is 9.09. The number of halogens is 1. The molecule has 1 aromatic rings. The lowest BCUT2D eigenvalue weighted by Gasteiger charge is -2.19. The van der Waals surface area contributed by atoms with Crippen molar-refractivity contribution in [2.24, 2.45) is 0 Å². The average molecular weight is 314 g/mol. The zero-order valence-corrected chi connectivity index (χ0v) is 12.9. The summed E-state index contributed by atoms with van der Waals surface area (Å²) in [7, 11) is 0. The highest BCUT2D eigenvalue weighted by Gasteiger charge is 2.17. The fraction of sp³-hybridized carbons (Fsp3) is 0.786. The van der Waals surface area contributed by atoms with Crippen molar-refractivity contribution in [2.75, 3.05) is 18.4 Å². The molecule has 0 N–H and O–H groups in total. The van der Waals surface area contributed by atoms with Crippen molar-refractivity contribution in [3.05, 3.63) is 18.0 Å². The molecule has 0 saturated heterocycles. The fourth-order valence-electron chi connectivity index (χ4n) is 2.77. The van der Waals surface area contributed by atoms with E-state index in [-0.39, 0.29) is 0 Å². The third-order valence-electron chi connectivity index (χ3n) is 3.69. The number of alkyl halides is 1. The van der Waals surface area contributed by atoms with Gasteiger partial charge in [-0.15, -0.1) is 0 Å². The van der Waals surface area contributed by atoms with Crippen LogP contribution in [0.3, 0.4) is 0 Å². The second kappa shape index (κ2) is 7.29. The van der Waals surface area contributed by atoms with Crippen molar-refractivity contribution in [1.82, 2.24) is 14.7 Å². The summed E-state index contributed by atoms with van der Waals surface area (Å²) in [5, 5.41) is 5.79. The van der Waals surface area contributed by atoms with Gasteiger partial charge in [-0.1, -0.05) is 35.7 Å². The Kier molecular flexibility index (Phi) is 5.70. The Morgan fingerprint density at radius 1 is 1.39 bits per heavy atom. The monoisotopic (exact) mass is 313 g/mol. The summed E-state index contributed by atoms with van der Waals surface area (Å²) in [6.07, 6.45) is 8.72. The molecule has 1 fully saturated rings. The SMILES string of the molecule is CCCN(CCBr)Cc1ccn(C2CCCC2)n1. The van der Waals surface area contributed by atoms with E-state index in [1.54, 1.807) is 0 Å². The molecule has 1 aliphatic rings. The van der Waals surface area contributed by atoms with Crippen LogP contribution in [0.4, 0.5) is 0 Å². The van der Waals surface area contributed by atoms with Gasteiger partial charge in [-0.3, -0.25) is 9.58 Å². The van der Waals surface area contributed by atoms with Gasteiger partial charge in [-0.2, -0.15) is 5.10 Å². The highest BCUT2D eigenvalue weighted by atomic mass is 79.9. The molecule has 1 saturated carbocycles. The Balaban J connectivity index is 1.91. The molecule has 1 heterocycles. The first-order valence-electron chi connectivity index (χ1n) is 7.16. The van der Waals surface area contributed by atoms with Crippen LogP contribution < -0.4 is 0 Å². The number of aromatic nitrogens is 2. The van der Waals surface area contributed by atoms with Gasteiger partial charge in [0.15, 0.2) is 0 Å². The van der Waals surface area contributed by atoms with Crippen molar-refractivity contribution in [3.8, 4) is 0 Å². The van der Waals surface area contributed by atoms with E-state index in [1.165, 1.54) is 37.8 Å². The second-order valence-electron chi connectivity index (χ2n) is 5.19. The molecular formula is C14H24BrN3. The molecule has 0 amide bonds. The first kappa shape index (κ1) is 14.1. The zero-order valence-electron chi connectivity index (χ0n) is 11.3. The predicted octanol–water partition coefficient (Wildman–Crippen LogP) is 3.61. The Morgan fingerprint density at radius 3 is 2.83 bits per heavy atom. The average Bonchev–Trinajstić information content (AvgIpc) is 2.98. The summed E-state index contributed by atoms with van der Waals surface area (Å²) < 4.78 is 2.20. The molecule has 0 spiro atoms. The number of hydrogen-bond acceptors (Lipinski definition) is 2. The van der Waals surface area contributed by atoms with Gasteiger partial charge >= 0.3 is 0 Å². The first-order valence-corrected chi connectivity index (χ1v) is 8.28. The summed E-state index contributed by atoms with van der Waals surface area (Å²) in [6, 6.07) is 2.85. The summed E-state index contributed by atoms with van der Waals surface area (Å²) in [5.74, 6) is 0.